The predicted octanol–water partition coefficient (Wildman–Crippen LogP) is 3.33. The summed E-state index contributed by atoms with van der Waals surface area (Å²) in [5, 5.41) is 21.2. The number of ether oxygens (including phenoxy) is 1. The fourth-order valence-electron chi connectivity index (χ4n) is 4.61. The molecule has 15 heteroatoms. The van der Waals surface area contributed by atoms with Crippen LogP contribution in [0.15, 0.2) is 58.5 Å². The Morgan fingerprint density at radius 1 is 1.21 bits per heavy atom. The van der Waals surface area contributed by atoms with Crippen molar-refractivity contribution in [2.24, 2.45) is 0 Å². The second-order valence-electron chi connectivity index (χ2n) is 9.57. The molecule has 1 aromatic heterocycles. The third-order valence-electron chi connectivity index (χ3n) is 6.55. The zero-order chi connectivity index (χ0) is 30.8. The number of amides is 2. The summed E-state index contributed by atoms with van der Waals surface area (Å²) in [6.45, 7) is 2.33. The summed E-state index contributed by atoms with van der Waals surface area (Å²) in [6, 6.07) is 8.78. The summed E-state index contributed by atoms with van der Waals surface area (Å²) in [6.07, 6.45) is -4.65. The molecule has 1 aliphatic rings. The molecule has 0 spiro atoms. The van der Waals surface area contributed by atoms with Gasteiger partial charge in [-0.2, -0.15) is 18.4 Å². The van der Waals surface area contributed by atoms with Crippen molar-refractivity contribution >= 4 is 29.3 Å². The summed E-state index contributed by atoms with van der Waals surface area (Å²) in [5.74, 6) is -0.987. The Kier molecular flexibility index (Phi) is 8.39. The van der Waals surface area contributed by atoms with Crippen LogP contribution >= 0.6 is 0 Å². The zero-order valence-electron chi connectivity index (χ0n) is 23.0. The number of nitrogens with one attached hydrogen (secondary N) is 3. The van der Waals surface area contributed by atoms with Gasteiger partial charge in [0.15, 0.2) is 0 Å². The molecule has 2 aromatic carbocycles. The lowest BCUT2D eigenvalue weighted by atomic mass is 9.92. The van der Waals surface area contributed by atoms with Gasteiger partial charge in [0, 0.05) is 35.7 Å². The van der Waals surface area contributed by atoms with E-state index in [0.29, 0.717) is 13.1 Å². The molecule has 2 heterocycles. The van der Waals surface area contributed by atoms with Gasteiger partial charge in [0.2, 0.25) is 5.95 Å². The molecule has 0 unspecified atom stereocenters. The zero-order valence-corrected chi connectivity index (χ0v) is 23.0. The van der Waals surface area contributed by atoms with Crippen molar-refractivity contribution in [1.82, 2.24) is 25.0 Å². The van der Waals surface area contributed by atoms with E-state index in [1.165, 1.54) is 42.2 Å². The van der Waals surface area contributed by atoms with Crippen LogP contribution in [0.25, 0.3) is 0 Å². The number of H-pyrrole nitrogens is 1. The Morgan fingerprint density at radius 3 is 2.60 bits per heavy atom. The molecule has 0 bridgehead atoms. The van der Waals surface area contributed by atoms with Crippen LogP contribution in [0.5, 0.6) is 0 Å². The Bertz CT molecular complexity index is 1650. The van der Waals surface area contributed by atoms with E-state index in [2.05, 4.69) is 20.8 Å². The van der Waals surface area contributed by atoms with E-state index in [4.69, 9.17) is 4.74 Å². The number of hydrogen-bond acceptors (Lipinski definition) is 8. The van der Waals surface area contributed by atoms with E-state index in [9.17, 15) is 32.8 Å². The highest BCUT2D eigenvalue weighted by Crippen LogP contribution is 2.44. The molecular weight excluding hydrogens is 557 g/mol. The van der Waals surface area contributed by atoms with Crippen LogP contribution in [0, 0.1) is 11.3 Å². The van der Waals surface area contributed by atoms with Crippen molar-refractivity contribution in [2.75, 3.05) is 44.5 Å². The number of allylic oxidation sites excluding steroid dienone is 1. The lowest BCUT2D eigenvalue weighted by Crippen LogP contribution is -2.38. The number of methoxy groups -OCH3 is 1. The Hall–Kier alpha value is -5.10. The van der Waals surface area contributed by atoms with Crippen molar-refractivity contribution < 1.29 is 27.5 Å². The maximum Gasteiger partial charge on any atom is 0.416 e. The van der Waals surface area contributed by atoms with E-state index in [1.807, 2.05) is 25.1 Å². The summed E-state index contributed by atoms with van der Waals surface area (Å²) in [4.78, 5) is 42.3. The fourth-order valence-corrected chi connectivity index (χ4v) is 4.61. The molecule has 0 fully saturated rings. The molecule has 42 heavy (non-hydrogen) atoms. The van der Waals surface area contributed by atoms with Gasteiger partial charge in [-0.3, -0.25) is 4.90 Å². The number of anilines is 3. The van der Waals surface area contributed by atoms with Crippen LogP contribution in [0.3, 0.4) is 0 Å². The number of aromatic nitrogens is 3. The molecule has 4 rings (SSSR count). The molecule has 3 N–H and O–H groups in total. The highest BCUT2D eigenvalue weighted by Gasteiger charge is 2.41. The lowest BCUT2D eigenvalue weighted by Gasteiger charge is -2.36. The molecule has 12 nitrogen and oxygen atoms in total. The van der Waals surface area contributed by atoms with Crippen molar-refractivity contribution in [1.29, 1.82) is 5.26 Å². The minimum atomic E-state index is -4.65. The average molecular weight is 585 g/mol. The van der Waals surface area contributed by atoms with Crippen LogP contribution in [0.2, 0.25) is 0 Å². The molecule has 0 radical (unpaired) electrons. The van der Waals surface area contributed by atoms with Crippen LogP contribution in [0.1, 0.15) is 29.7 Å². The Morgan fingerprint density at radius 2 is 1.95 bits per heavy atom. The largest absolute Gasteiger partial charge is 0.466 e. The van der Waals surface area contributed by atoms with Crippen LogP contribution in [-0.2, 0) is 15.7 Å². The summed E-state index contributed by atoms with van der Waals surface area (Å²) in [5.41, 5.74) is -1.20. The number of urea groups is 1. The molecule has 3 aromatic rings. The normalized spacial score (nSPS) is 14.8. The monoisotopic (exact) mass is 584 g/mol. The average Bonchev–Trinajstić information content (AvgIpc) is 3.32. The molecule has 0 saturated heterocycles. The van der Waals surface area contributed by atoms with Gasteiger partial charge in [-0.25, -0.2) is 24.0 Å². The fraction of sp³-hybridized carbons (Fsp3) is 0.296. The van der Waals surface area contributed by atoms with E-state index in [-0.39, 0.29) is 39.7 Å². The first-order valence-electron chi connectivity index (χ1n) is 12.5. The van der Waals surface area contributed by atoms with Gasteiger partial charge in [0.05, 0.1) is 29.9 Å². The van der Waals surface area contributed by atoms with E-state index in [1.54, 1.807) is 0 Å². The minimum Gasteiger partial charge on any atom is -0.466 e. The SMILES string of the molecule is COC(=O)C1=C(C)N(c2cccc(C(F)(F)F)c2)c2n[nH]c(=O)n2[C@@H]1c1ccc(C#N)cc1NC(=O)NCCN(C)C. The molecular formula is C27H27F3N8O4. The number of fused-ring (bicyclic) bond motifs is 1. The molecule has 0 saturated carbocycles. The molecule has 0 aliphatic carbocycles. The molecule has 1 atom stereocenters. The van der Waals surface area contributed by atoms with Gasteiger partial charge >= 0.3 is 23.9 Å². The second kappa shape index (κ2) is 11.8. The van der Waals surface area contributed by atoms with Gasteiger partial charge < -0.3 is 20.3 Å². The minimum absolute atomic E-state index is 0.0131. The van der Waals surface area contributed by atoms with Gasteiger partial charge in [0.1, 0.15) is 6.04 Å². The first-order valence-corrected chi connectivity index (χ1v) is 12.5. The van der Waals surface area contributed by atoms with E-state index < -0.39 is 35.5 Å². The number of carbonyl (C=O) groups excluding carboxylic acids is 2. The number of aromatic amines is 1. The first-order chi connectivity index (χ1) is 19.9. The van der Waals surface area contributed by atoms with Crippen molar-refractivity contribution in [3.8, 4) is 6.07 Å². The number of likely N-dealkylation sites (N-methyl/N-ethyl adjacent to an activating group) is 1. The number of nitrogens with zero attached hydrogens (tertiary/aromatic N) is 5. The summed E-state index contributed by atoms with van der Waals surface area (Å²) >= 11 is 0. The number of rotatable bonds is 7. The standard InChI is InChI=1S/C27H27F3N8O4/c1-15-21(23(39)42-4)22(19-9-8-16(14-31)12-20(19)33-24(40)32-10-11-36(2)3)38-25(34-35-26(38)41)37(15)18-7-5-6-17(13-18)27(28,29)30/h5-9,12-13,22H,10-11H2,1-4H3,(H,35,41)(H2,32,33,40)/t22-/m1/s1. The maximum absolute atomic E-state index is 13.6. The smallest absolute Gasteiger partial charge is 0.416 e. The van der Waals surface area contributed by atoms with Gasteiger partial charge in [0.25, 0.3) is 0 Å². The number of hydrogen-bond donors (Lipinski definition) is 3. The third kappa shape index (κ3) is 5.84. The van der Waals surface area contributed by atoms with Crippen LogP contribution in [-0.4, -0.2) is 66.0 Å². The van der Waals surface area contributed by atoms with Gasteiger partial charge in [-0.05, 0) is 51.4 Å². The topological polar surface area (TPSA) is 148 Å². The number of halogens is 3. The third-order valence-corrected chi connectivity index (χ3v) is 6.55. The highest BCUT2D eigenvalue weighted by atomic mass is 19.4. The number of nitriles is 1. The highest BCUT2D eigenvalue weighted by molar-refractivity contribution is 5.95. The summed E-state index contributed by atoms with van der Waals surface area (Å²) < 4.78 is 46.8. The number of alkyl halides is 3. The predicted molar refractivity (Wildman–Crippen MR) is 146 cm³/mol. The number of benzene rings is 2. The van der Waals surface area contributed by atoms with Crippen LogP contribution in [0.4, 0.5) is 35.3 Å². The Balaban J connectivity index is 1.91. The Labute approximate surface area is 238 Å². The van der Waals surface area contributed by atoms with Crippen molar-refractivity contribution in [3.05, 3.63) is 80.9 Å². The molecule has 1 aliphatic heterocycles. The number of carbonyl (C=O) groups is 2. The van der Waals surface area contributed by atoms with Crippen molar-refractivity contribution in [2.45, 2.75) is 19.1 Å². The van der Waals surface area contributed by atoms with Gasteiger partial charge in [-0.1, -0.05) is 12.1 Å². The lowest BCUT2D eigenvalue weighted by molar-refractivity contribution is -0.138. The van der Waals surface area contributed by atoms with Crippen molar-refractivity contribution in [3.63, 3.8) is 0 Å². The van der Waals surface area contributed by atoms with E-state index >= 15 is 0 Å². The van der Waals surface area contributed by atoms with Gasteiger partial charge in [-0.15, -0.1) is 5.10 Å². The maximum atomic E-state index is 13.6. The quantitative estimate of drug-likeness (QED) is 0.358. The molecule has 2 amide bonds. The van der Waals surface area contributed by atoms with E-state index in [0.717, 1.165) is 23.8 Å². The van der Waals surface area contributed by atoms with Crippen LogP contribution < -0.4 is 21.2 Å². The molecule has 220 valence electrons. The number of esters is 1. The second-order valence-corrected chi connectivity index (χ2v) is 9.57. The summed E-state index contributed by atoms with van der Waals surface area (Å²) in [7, 11) is 4.80. The first kappa shape index (κ1) is 29.9.